The van der Waals surface area contributed by atoms with E-state index in [9.17, 15) is 0 Å². The Bertz CT molecular complexity index is 550. The first-order valence-electron chi connectivity index (χ1n) is 6.25. The van der Waals surface area contributed by atoms with Crippen molar-refractivity contribution in [1.29, 1.82) is 0 Å². The van der Waals surface area contributed by atoms with E-state index in [4.69, 9.17) is 5.73 Å². The highest BCUT2D eigenvalue weighted by molar-refractivity contribution is 5.25. The molecule has 0 fully saturated rings. The van der Waals surface area contributed by atoms with Crippen molar-refractivity contribution in [3.63, 3.8) is 0 Å². The van der Waals surface area contributed by atoms with Gasteiger partial charge < -0.3 is 5.73 Å². The van der Waals surface area contributed by atoms with Crippen molar-refractivity contribution in [2.75, 3.05) is 6.54 Å². The summed E-state index contributed by atoms with van der Waals surface area (Å²) in [5.41, 5.74) is 11.4. The highest BCUT2D eigenvalue weighted by Crippen LogP contribution is 2.15. The van der Waals surface area contributed by atoms with Crippen molar-refractivity contribution >= 4 is 0 Å². The zero-order valence-corrected chi connectivity index (χ0v) is 11.6. The molecule has 0 aliphatic heterocycles. The van der Waals surface area contributed by atoms with Gasteiger partial charge in [0.05, 0.1) is 23.6 Å². The molecule has 98 valence electrons. The predicted octanol–water partition coefficient (Wildman–Crippen LogP) is 1.09. The van der Waals surface area contributed by atoms with Crippen LogP contribution in [0.25, 0.3) is 0 Å². The Labute approximate surface area is 108 Å². The van der Waals surface area contributed by atoms with E-state index >= 15 is 0 Å². The van der Waals surface area contributed by atoms with Crippen molar-refractivity contribution in [3.8, 4) is 0 Å². The molecular formula is C13H21N5. The van der Waals surface area contributed by atoms with Crippen molar-refractivity contribution in [1.82, 2.24) is 19.6 Å². The zero-order valence-electron chi connectivity index (χ0n) is 11.6. The van der Waals surface area contributed by atoms with E-state index in [1.807, 2.05) is 30.3 Å². The summed E-state index contributed by atoms with van der Waals surface area (Å²) in [6, 6.07) is 2.10. The third-order valence-electron chi connectivity index (χ3n) is 3.34. The minimum Gasteiger partial charge on any atom is -0.330 e. The van der Waals surface area contributed by atoms with Crippen molar-refractivity contribution in [3.05, 3.63) is 34.4 Å². The smallest absolute Gasteiger partial charge is 0.0831 e. The lowest BCUT2D eigenvalue weighted by Crippen LogP contribution is -2.09. The maximum atomic E-state index is 5.64. The SMILES string of the molecule is Cc1cc(Cn2nc(C)c(CCN)c2C)n(C)n1. The molecule has 18 heavy (non-hydrogen) atoms. The van der Waals surface area contributed by atoms with Crippen LogP contribution in [0, 0.1) is 20.8 Å². The predicted molar refractivity (Wildman–Crippen MR) is 71.5 cm³/mol. The van der Waals surface area contributed by atoms with Crippen molar-refractivity contribution in [2.24, 2.45) is 12.8 Å². The van der Waals surface area contributed by atoms with Gasteiger partial charge in [-0.05, 0) is 45.4 Å². The summed E-state index contributed by atoms with van der Waals surface area (Å²) in [5, 5.41) is 8.95. The van der Waals surface area contributed by atoms with E-state index in [0.29, 0.717) is 6.54 Å². The van der Waals surface area contributed by atoms with Gasteiger partial charge >= 0.3 is 0 Å². The van der Waals surface area contributed by atoms with Gasteiger partial charge in [-0.3, -0.25) is 9.36 Å². The average Bonchev–Trinajstić information content (AvgIpc) is 2.74. The second-order valence-electron chi connectivity index (χ2n) is 4.75. The Hall–Kier alpha value is -1.62. The average molecular weight is 247 g/mol. The summed E-state index contributed by atoms with van der Waals surface area (Å²) >= 11 is 0. The summed E-state index contributed by atoms with van der Waals surface area (Å²) in [4.78, 5) is 0. The summed E-state index contributed by atoms with van der Waals surface area (Å²) < 4.78 is 3.95. The van der Waals surface area contributed by atoms with Gasteiger partial charge in [0, 0.05) is 12.7 Å². The molecule has 0 aliphatic rings. The van der Waals surface area contributed by atoms with Crippen molar-refractivity contribution in [2.45, 2.75) is 33.7 Å². The summed E-state index contributed by atoms with van der Waals surface area (Å²) in [7, 11) is 1.97. The molecule has 0 spiro atoms. The van der Waals surface area contributed by atoms with E-state index in [-0.39, 0.29) is 0 Å². The Morgan fingerprint density at radius 2 is 1.94 bits per heavy atom. The molecule has 2 heterocycles. The van der Waals surface area contributed by atoms with Crippen molar-refractivity contribution < 1.29 is 0 Å². The van der Waals surface area contributed by atoms with Crippen LogP contribution in [0.2, 0.25) is 0 Å². The van der Waals surface area contributed by atoms with Crippen LogP contribution in [0.3, 0.4) is 0 Å². The van der Waals surface area contributed by atoms with Crippen LogP contribution in [0.5, 0.6) is 0 Å². The first-order valence-corrected chi connectivity index (χ1v) is 6.25. The van der Waals surface area contributed by atoms with E-state index in [1.54, 1.807) is 0 Å². The molecule has 0 amide bonds. The molecule has 2 aromatic rings. The molecule has 2 N–H and O–H groups in total. The standard InChI is InChI=1S/C13H21N5/c1-9-7-12(17(4)15-9)8-18-11(3)13(5-6-14)10(2)16-18/h7H,5-6,8,14H2,1-4H3. The first kappa shape index (κ1) is 12.8. The van der Waals surface area contributed by atoms with Crippen LogP contribution in [-0.4, -0.2) is 26.1 Å². The molecule has 0 atom stereocenters. The highest BCUT2D eigenvalue weighted by Gasteiger charge is 2.12. The van der Waals surface area contributed by atoms with Gasteiger partial charge in [0.15, 0.2) is 0 Å². The van der Waals surface area contributed by atoms with Crippen LogP contribution in [0.15, 0.2) is 6.07 Å². The normalized spacial score (nSPS) is 11.2. The lowest BCUT2D eigenvalue weighted by Gasteiger charge is -2.05. The maximum Gasteiger partial charge on any atom is 0.0831 e. The third kappa shape index (κ3) is 2.31. The second kappa shape index (κ2) is 4.94. The lowest BCUT2D eigenvalue weighted by molar-refractivity contribution is 0.603. The molecule has 5 nitrogen and oxygen atoms in total. The number of nitrogens with zero attached hydrogens (tertiary/aromatic N) is 4. The van der Waals surface area contributed by atoms with E-state index in [0.717, 1.165) is 30.0 Å². The van der Waals surface area contributed by atoms with Crippen LogP contribution < -0.4 is 5.73 Å². The molecule has 0 saturated carbocycles. The molecule has 0 bridgehead atoms. The minimum absolute atomic E-state index is 0.665. The molecule has 0 unspecified atom stereocenters. The Morgan fingerprint density at radius 3 is 2.50 bits per heavy atom. The number of rotatable bonds is 4. The largest absolute Gasteiger partial charge is 0.330 e. The molecule has 5 heteroatoms. The molecule has 0 aliphatic carbocycles. The van der Waals surface area contributed by atoms with Crippen LogP contribution in [-0.2, 0) is 20.0 Å². The number of hydrogen-bond acceptors (Lipinski definition) is 3. The summed E-state index contributed by atoms with van der Waals surface area (Å²) in [6.07, 6.45) is 0.891. The lowest BCUT2D eigenvalue weighted by atomic mass is 10.1. The molecule has 0 radical (unpaired) electrons. The number of aromatic nitrogens is 4. The molecule has 0 aromatic carbocycles. The monoisotopic (exact) mass is 247 g/mol. The van der Waals surface area contributed by atoms with Crippen LogP contribution >= 0.6 is 0 Å². The van der Waals surface area contributed by atoms with Gasteiger partial charge in [0.2, 0.25) is 0 Å². The fourth-order valence-electron chi connectivity index (χ4n) is 2.36. The highest BCUT2D eigenvalue weighted by atomic mass is 15.3. The number of nitrogens with two attached hydrogens (primary N) is 1. The Kier molecular flexibility index (Phi) is 3.52. The second-order valence-corrected chi connectivity index (χ2v) is 4.75. The fraction of sp³-hybridized carbons (Fsp3) is 0.538. The van der Waals surface area contributed by atoms with Gasteiger partial charge in [-0.2, -0.15) is 10.2 Å². The van der Waals surface area contributed by atoms with Crippen LogP contribution in [0.1, 0.15) is 28.3 Å². The quantitative estimate of drug-likeness (QED) is 0.879. The van der Waals surface area contributed by atoms with E-state index in [2.05, 4.69) is 23.2 Å². The van der Waals surface area contributed by atoms with Crippen LogP contribution in [0.4, 0.5) is 0 Å². The molecule has 0 saturated heterocycles. The van der Waals surface area contributed by atoms with E-state index in [1.165, 1.54) is 11.3 Å². The Morgan fingerprint density at radius 1 is 1.22 bits per heavy atom. The third-order valence-corrected chi connectivity index (χ3v) is 3.34. The minimum atomic E-state index is 0.665. The summed E-state index contributed by atoms with van der Waals surface area (Å²) in [6.45, 7) is 7.58. The molecule has 2 rings (SSSR count). The van der Waals surface area contributed by atoms with E-state index < -0.39 is 0 Å². The Balaban J connectivity index is 2.29. The first-order chi connectivity index (χ1) is 8.52. The molecule has 2 aromatic heterocycles. The molecular weight excluding hydrogens is 226 g/mol. The maximum absolute atomic E-state index is 5.64. The number of hydrogen-bond donors (Lipinski definition) is 1. The van der Waals surface area contributed by atoms with Gasteiger partial charge in [-0.1, -0.05) is 0 Å². The van der Waals surface area contributed by atoms with Gasteiger partial charge in [0.25, 0.3) is 0 Å². The fourth-order valence-corrected chi connectivity index (χ4v) is 2.36. The number of aryl methyl sites for hydroxylation is 3. The zero-order chi connectivity index (χ0) is 13.3. The summed E-state index contributed by atoms with van der Waals surface area (Å²) in [5.74, 6) is 0. The van der Waals surface area contributed by atoms with Gasteiger partial charge in [0.1, 0.15) is 0 Å². The topological polar surface area (TPSA) is 61.7 Å². The van der Waals surface area contributed by atoms with Gasteiger partial charge in [-0.15, -0.1) is 0 Å². The van der Waals surface area contributed by atoms with Gasteiger partial charge in [-0.25, -0.2) is 0 Å².